The Labute approximate surface area is 166 Å². The molecular weight excluding hydrogens is 396 g/mol. The number of pyridine rings is 1. The van der Waals surface area contributed by atoms with E-state index in [9.17, 15) is 18.0 Å². The zero-order valence-electron chi connectivity index (χ0n) is 15.7. The van der Waals surface area contributed by atoms with Gasteiger partial charge in [0, 0.05) is 12.5 Å². The molecule has 10 heteroatoms. The molecule has 0 aliphatic carbocycles. The van der Waals surface area contributed by atoms with Crippen LogP contribution in [0.3, 0.4) is 0 Å². The van der Waals surface area contributed by atoms with Gasteiger partial charge in [0.05, 0.1) is 17.2 Å². The van der Waals surface area contributed by atoms with Gasteiger partial charge < -0.3 is 15.4 Å². The van der Waals surface area contributed by atoms with Crippen LogP contribution in [0.25, 0.3) is 5.52 Å². The van der Waals surface area contributed by atoms with Crippen LogP contribution in [-0.4, -0.2) is 42.5 Å². The summed E-state index contributed by atoms with van der Waals surface area (Å²) >= 11 is 0. The standard InChI is InChI=1S/C19H18N4O5S/c1-11(12-6-7-15-13(9-12)21-16(24)10-28-15)20-18(25)17-14-5-3-4-8-23(14)19(22-17)29(2,26)27/h3-9,11H,10H2,1-2H3,(H,20,25)(H,21,24). The number of anilines is 1. The summed E-state index contributed by atoms with van der Waals surface area (Å²) in [5.74, 6) is -0.192. The predicted molar refractivity (Wildman–Crippen MR) is 105 cm³/mol. The maximum absolute atomic E-state index is 12.8. The number of hydrogen-bond acceptors (Lipinski definition) is 6. The summed E-state index contributed by atoms with van der Waals surface area (Å²) in [7, 11) is -3.62. The summed E-state index contributed by atoms with van der Waals surface area (Å²) in [6, 6.07) is 9.81. The molecule has 1 atom stereocenters. The highest BCUT2D eigenvalue weighted by molar-refractivity contribution is 7.90. The minimum absolute atomic E-state index is 0.0208. The Hall–Kier alpha value is -3.40. The Morgan fingerprint density at radius 3 is 2.86 bits per heavy atom. The zero-order valence-corrected chi connectivity index (χ0v) is 16.5. The van der Waals surface area contributed by atoms with Crippen molar-refractivity contribution in [2.75, 3.05) is 18.2 Å². The second-order valence-electron chi connectivity index (χ2n) is 6.76. The normalized spacial score (nSPS) is 14.6. The van der Waals surface area contributed by atoms with Crippen molar-refractivity contribution in [1.29, 1.82) is 0 Å². The summed E-state index contributed by atoms with van der Waals surface area (Å²) in [5, 5.41) is 5.35. The van der Waals surface area contributed by atoms with Crippen molar-refractivity contribution in [2.45, 2.75) is 18.1 Å². The van der Waals surface area contributed by atoms with E-state index < -0.39 is 21.8 Å². The van der Waals surface area contributed by atoms with E-state index in [0.717, 1.165) is 11.8 Å². The lowest BCUT2D eigenvalue weighted by Gasteiger charge is -2.20. The molecule has 9 nitrogen and oxygen atoms in total. The van der Waals surface area contributed by atoms with Crippen LogP contribution >= 0.6 is 0 Å². The first-order chi connectivity index (χ1) is 13.7. The molecule has 1 aliphatic rings. The lowest BCUT2D eigenvalue weighted by Crippen LogP contribution is -2.28. The molecule has 2 amide bonds. The quantitative estimate of drug-likeness (QED) is 0.669. The number of sulfone groups is 1. The minimum atomic E-state index is -3.62. The van der Waals surface area contributed by atoms with Gasteiger partial charge >= 0.3 is 0 Å². The average molecular weight is 414 g/mol. The van der Waals surface area contributed by atoms with E-state index in [1.54, 1.807) is 49.5 Å². The average Bonchev–Trinajstić information content (AvgIpc) is 3.07. The highest BCUT2D eigenvalue weighted by Gasteiger charge is 2.24. The molecule has 0 spiro atoms. The number of nitrogens with zero attached hydrogens (tertiary/aromatic N) is 2. The largest absolute Gasteiger partial charge is 0.482 e. The number of aromatic nitrogens is 2. The van der Waals surface area contributed by atoms with Crippen LogP contribution in [0.1, 0.15) is 29.0 Å². The molecule has 1 aromatic carbocycles. The van der Waals surface area contributed by atoms with Crippen molar-refractivity contribution in [3.8, 4) is 5.75 Å². The fourth-order valence-corrected chi connectivity index (χ4v) is 3.93. The summed E-state index contributed by atoms with van der Waals surface area (Å²) in [4.78, 5) is 28.4. The molecule has 3 aromatic rings. The molecule has 0 radical (unpaired) electrons. The second kappa shape index (κ2) is 6.89. The number of carbonyl (C=O) groups excluding carboxylic acids is 2. The van der Waals surface area contributed by atoms with Crippen molar-refractivity contribution >= 4 is 32.9 Å². The van der Waals surface area contributed by atoms with E-state index in [1.165, 1.54) is 4.40 Å². The first kappa shape index (κ1) is 18.9. The molecule has 1 aliphatic heterocycles. The fraction of sp³-hybridized carbons (Fsp3) is 0.211. The summed E-state index contributed by atoms with van der Waals surface area (Å²) < 4.78 is 30.8. The predicted octanol–water partition coefficient (Wildman–Crippen LogP) is 1.56. The number of fused-ring (bicyclic) bond motifs is 2. The maximum atomic E-state index is 12.8. The molecule has 0 saturated carbocycles. The zero-order chi connectivity index (χ0) is 20.8. The maximum Gasteiger partial charge on any atom is 0.272 e. The number of hydrogen-bond donors (Lipinski definition) is 2. The Morgan fingerprint density at radius 2 is 2.10 bits per heavy atom. The highest BCUT2D eigenvalue weighted by Crippen LogP contribution is 2.30. The summed E-state index contributed by atoms with van der Waals surface area (Å²) in [6.45, 7) is 1.75. The van der Waals surface area contributed by atoms with Crippen molar-refractivity contribution in [2.24, 2.45) is 0 Å². The van der Waals surface area contributed by atoms with Crippen LogP contribution in [0.15, 0.2) is 47.8 Å². The first-order valence-corrected chi connectivity index (χ1v) is 10.7. The number of benzene rings is 1. The highest BCUT2D eigenvalue weighted by atomic mass is 32.2. The molecule has 0 fully saturated rings. The van der Waals surface area contributed by atoms with Gasteiger partial charge in [-0.15, -0.1) is 0 Å². The Balaban J connectivity index is 1.63. The van der Waals surface area contributed by atoms with Gasteiger partial charge in [-0.25, -0.2) is 13.4 Å². The molecule has 29 heavy (non-hydrogen) atoms. The van der Waals surface area contributed by atoms with E-state index in [1.807, 2.05) is 0 Å². The van der Waals surface area contributed by atoms with E-state index >= 15 is 0 Å². The number of amides is 2. The molecule has 4 rings (SSSR count). The van der Waals surface area contributed by atoms with Crippen molar-refractivity contribution in [3.63, 3.8) is 0 Å². The molecule has 1 unspecified atom stereocenters. The number of imidazole rings is 1. The van der Waals surface area contributed by atoms with Gasteiger partial charge in [-0.05, 0) is 36.8 Å². The van der Waals surface area contributed by atoms with E-state index in [0.29, 0.717) is 17.0 Å². The number of carbonyl (C=O) groups is 2. The van der Waals surface area contributed by atoms with Crippen LogP contribution < -0.4 is 15.4 Å². The van der Waals surface area contributed by atoms with E-state index in [-0.39, 0.29) is 23.4 Å². The van der Waals surface area contributed by atoms with E-state index in [4.69, 9.17) is 4.74 Å². The van der Waals surface area contributed by atoms with Crippen molar-refractivity contribution in [3.05, 3.63) is 53.9 Å². The van der Waals surface area contributed by atoms with Gasteiger partial charge in [0.1, 0.15) is 5.75 Å². The Bertz CT molecular complexity index is 1250. The molecule has 3 heterocycles. The topological polar surface area (TPSA) is 119 Å². The molecule has 0 saturated heterocycles. The van der Waals surface area contributed by atoms with Crippen molar-refractivity contribution in [1.82, 2.24) is 14.7 Å². The second-order valence-corrected chi connectivity index (χ2v) is 8.67. The fourth-order valence-electron chi connectivity index (χ4n) is 3.16. The number of rotatable bonds is 4. The van der Waals surface area contributed by atoms with Gasteiger partial charge in [-0.3, -0.25) is 14.0 Å². The third-order valence-electron chi connectivity index (χ3n) is 4.55. The first-order valence-electron chi connectivity index (χ1n) is 8.78. The molecule has 2 aromatic heterocycles. The van der Waals surface area contributed by atoms with Crippen LogP contribution in [0.4, 0.5) is 5.69 Å². The van der Waals surface area contributed by atoms with E-state index in [2.05, 4.69) is 15.6 Å². The van der Waals surface area contributed by atoms with Crippen molar-refractivity contribution < 1.29 is 22.7 Å². The molecular formula is C19H18N4O5S. The van der Waals surface area contributed by atoms with Crippen LogP contribution in [0, 0.1) is 0 Å². The Morgan fingerprint density at radius 1 is 1.31 bits per heavy atom. The van der Waals surface area contributed by atoms with Gasteiger partial charge in [-0.2, -0.15) is 0 Å². The lowest BCUT2D eigenvalue weighted by molar-refractivity contribution is -0.118. The van der Waals surface area contributed by atoms with Gasteiger partial charge in [0.2, 0.25) is 15.0 Å². The van der Waals surface area contributed by atoms with Gasteiger partial charge in [0.25, 0.3) is 11.8 Å². The number of ether oxygens (including phenoxy) is 1. The number of nitrogens with one attached hydrogen (secondary N) is 2. The van der Waals surface area contributed by atoms with Crippen LogP contribution in [0.2, 0.25) is 0 Å². The third-order valence-corrected chi connectivity index (χ3v) is 5.50. The van der Waals surface area contributed by atoms with Gasteiger partial charge in [0.15, 0.2) is 12.3 Å². The van der Waals surface area contributed by atoms with Gasteiger partial charge in [-0.1, -0.05) is 12.1 Å². The van der Waals surface area contributed by atoms with Crippen LogP contribution in [-0.2, 0) is 14.6 Å². The smallest absolute Gasteiger partial charge is 0.272 e. The molecule has 2 N–H and O–H groups in total. The molecule has 0 bridgehead atoms. The Kier molecular flexibility index (Phi) is 4.50. The monoisotopic (exact) mass is 414 g/mol. The van der Waals surface area contributed by atoms with Crippen LogP contribution in [0.5, 0.6) is 5.75 Å². The summed E-state index contributed by atoms with van der Waals surface area (Å²) in [6.07, 6.45) is 2.59. The lowest BCUT2D eigenvalue weighted by atomic mass is 10.1. The third kappa shape index (κ3) is 3.54. The summed E-state index contributed by atoms with van der Waals surface area (Å²) in [5.41, 5.74) is 1.69. The molecule has 150 valence electrons. The minimum Gasteiger partial charge on any atom is -0.482 e. The SMILES string of the molecule is CC(NC(=O)c1nc(S(C)(=O)=O)n2ccccc12)c1ccc2c(c1)NC(=O)CO2.